The fourth-order valence-electron chi connectivity index (χ4n) is 2.73. The van der Waals surface area contributed by atoms with Gasteiger partial charge in [0.25, 0.3) is 5.91 Å². The lowest BCUT2D eigenvalue weighted by molar-refractivity contribution is 0.0569. The molecule has 2 aromatic rings. The van der Waals surface area contributed by atoms with Crippen molar-refractivity contribution in [2.24, 2.45) is 0 Å². The predicted molar refractivity (Wildman–Crippen MR) is 82.9 cm³/mol. The summed E-state index contributed by atoms with van der Waals surface area (Å²) in [6, 6.07) is 5.94. The Morgan fingerprint density at radius 2 is 1.86 bits per heavy atom. The highest BCUT2D eigenvalue weighted by Crippen LogP contribution is 2.28. The summed E-state index contributed by atoms with van der Waals surface area (Å²) in [5.74, 6) is 1.87. The van der Waals surface area contributed by atoms with Gasteiger partial charge in [0.1, 0.15) is 0 Å². The molecule has 1 aromatic heterocycles. The molecule has 1 aliphatic heterocycles. The van der Waals surface area contributed by atoms with E-state index >= 15 is 0 Å². The summed E-state index contributed by atoms with van der Waals surface area (Å²) in [7, 11) is 0. The SMILES string of the molecule is Cc1cc(C)cc(C(=O)N2CC(c3nc(C(C)C)no3)C2)c1. The quantitative estimate of drug-likeness (QED) is 0.874. The average molecular weight is 299 g/mol. The Labute approximate surface area is 130 Å². The number of carbonyl (C=O) groups excluding carboxylic acids is 1. The van der Waals surface area contributed by atoms with Gasteiger partial charge in [-0.15, -0.1) is 0 Å². The molecule has 0 atom stereocenters. The standard InChI is InChI=1S/C17H21N3O2/c1-10(2)15-18-16(22-19-15)14-8-20(9-14)17(21)13-6-11(3)5-12(4)7-13/h5-7,10,14H,8-9H2,1-4H3. The van der Waals surface area contributed by atoms with Crippen molar-refractivity contribution in [1.82, 2.24) is 15.0 Å². The summed E-state index contributed by atoms with van der Waals surface area (Å²) < 4.78 is 5.30. The first-order valence-electron chi connectivity index (χ1n) is 7.65. The minimum absolute atomic E-state index is 0.0756. The van der Waals surface area contributed by atoms with Gasteiger partial charge >= 0.3 is 0 Å². The number of carbonyl (C=O) groups is 1. The summed E-state index contributed by atoms with van der Waals surface area (Å²) >= 11 is 0. The molecular formula is C17H21N3O2. The maximum Gasteiger partial charge on any atom is 0.253 e. The van der Waals surface area contributed by atoms with Crippen LogP contribution in [0, 0.1) is 13.8 Å². The zero-order valence-electron chi connectivity index (χ0n) is 13.5. The highest BCUT2D eigenvalue weighted by molar-refractivity contribution is 5.95. The lowest BCUT2D eigenvalue weighted by Crippen LogP contribution is -2.48. The first-order chi connectivity index (χ1) is 10.4. The Hall–Kier alpha value is -2.17. The van der Waals surface area contributed by atoms with Crippen LogP contribution in [0.3, 0.4) is 0 Å². The molecule has 1 aromatic carbocycles. The molecule has 3 rings (SSSR count). The molecule has 0 N–H and O–H groups in total. The molecule has 0 aliphatic carbocycles. The second-order valence-corrected chi connectivity index (χ2v) is 6.43. The lowest BCUT2D eigenvalue weighted by atomic mass is 9.97. The molecule has 5 heteroatoms. The molecule has 0 unspecified atom stereocenters. The Morgan fingerprint density at radius 3 is 2.41 bits per heavy atom. The molecule has 0 spiro atoms. The number of aromatic nitrogens is 2. The fourth-order valence-corrected chi connectivity index (χ4v) is 2.73. The number of nitrogens with zero attached hydrogens (tertiary/aromatic N) is 3. The number of amides is 1. The third-order valence-corrected chi connectivity index (χ3v) is 3.96. The maximum atomic E-state index is 12.5. The first kappa shape index (κ1) is 14.8. The van der Waals surface area contributed by atoms with Crippen molar-refractivity contribution in [3.8, 4) is 0 Å². The molecule has 22 heavy (non-hydrogen) atoms. The number of hydrogen-bond donors (Lipinski definition) is 0. The van der Waals surface area contributed by atoms with Gasteiger partial charge in [-0.05, 0) is 26.0 Å². The van der Waals surface area contributed by atoms with Crippen LogP contribution in [0.1, 0.15) is 58.9 Å². The predicted octanol–water partition coefficient (Wildman–Crippen LogP) is 3.05. The maximum absolute atomic E-state index is 12.5. The van der Waals surface area contributed by atoms with Crippen LogP contribution in [0.4, 0.5) is 0 Å². The van der Waals surface area contributed by atoms with E-state index in [0.29, 0.717) is 19.0 Å². The summed E-state index contributed by atoms with van der Waals surface area (Å²) in [6.45, 7) is 9.37. The lowest BCUT2D eigenvalue weighted by Gasteiger charge is -2.37. The number of hydrogen-bond acceptors (Lipinski definition) is 4. The summed E-state index contributed by atoms with van der Waals surface area (Å²) in [5, 5.41) is 3.98. The van der Waals surface area contributed by atoms with Gasteiger partial charge in [-0.1, -0.05) is 36.2 Å². The zero-order valence-corrected chi connectivity index (χ0v) is 13.5. The normalized spacial score (nSPS) is 15.2. The van der Waals surface area contributed by atoms with E-state index in [2.05, 4.69) is 16.2 Å². The van der Waals surface area contributed by atoms with Crippen molar-refractivity contribution < 1.29 is 9.32 Å². The average Bonchev–Trinajstić information content (AvgIpc) is 2.85. The van der Waals surface area contributed by atoms with E-state index in [9.17, 15) is 4.79 Å². The van der Waals surface area contributed by atoms with E-state index in [1.165, 1.54) is 0 Å². The second kappa shape index (κ2) is 5.55. The molecular weight excluding hydrogens is 278 g/mol. The van der Waals surface area contributed by atoms with Gasteiger partial charge in [-0.2, -0.15) is 4.98 Å². The van der Waals surface area contributed by atoms with E-state index in [1.807, 2.05) is 44.7 Å². The number of benzene rings is 1. The van der Waals surface area contributed by atoms with E-state index in [1.54, 1.807) is 0 Å². The Bertz CT molecular complexity index is 679. The van der Waals surface area contributed by atoms with Crippen LogP contribution in [0.5, 0.6) is 0 Å². The largest absolute Gasteiger partial charge is 0.339 e. The van der Waals surface area contributed by atoms with Gasteiger partial charge in [0.2, 0.25) is 5.89 Å². The monoisotopic (exact) mass is 299 g/mol. The summed E-state index contributed by atoms with van der Waals surface area (Å²) in [6.07, 6.45) is 0. The molecule has 1 amide bonds. The van der Waals surface area contributed by atoms with Crippen LogP contribution >= 0.6 is 0 Å². The molecule has 0 bridgehead atoms. The Morgan fingerprint density at radius 1 is 1.23 bits per heavy atom. The van der Waals surface area contributed by atoms with Crippen molar-refractivity contribution >= 4 is 5.91 Å². The van der Waals surface area contributed by atoms with Gasteiger partial charge in [-0.3, -0.25) is 4.79 Å². The Balaban J connectivity index is 1.66. The topological polar surface area (TPSA) is 59.2 Å². The smallest absolute Gasteiger partial charge is 0.253 e. The number of rotatable bonds is 3. The van der Waals surface area contributed by atoms with Crippen LogP contribution in [0.25, 0.3) is 0 Å². The van der Waals surface area contributed by atoms with E-state index in [0.717, 1.165) is 22.5 Å². The summed E-state index contributed by atoms with van der Waals surface area (Å²) in [4.78, 5) is 18.7. The van der Waals surface area contributed by atoms with Gasteiger partial charge in [0, 0.05) is 24.6 Å². The number of aryl methyl sites for hydroxylation is 2. The van der Waals surface area contributed by atoms with Crippen LogP contribution in [-0.2, 0) is 0 Å². The van der Waals surface area contributed by atoms with Crippen LogP contribution in [-0.4, -0.2) is 34.0 Å². The third-order valence-electron chi connectivity index (χ3n) is 3.96. The molecule has 1 fully saturated rings. The molecule has 5 nitrogen and oxygen atoms in total. The van der Waals surface area contributed by atoms with E-state index in [-0.39, 0.29) is 17.7 Å². The van der Waals surface area contributed by atoms with Gasteiger partial charge in [-0.25, -0.2) is 0 Å². The minimum Gasteiger partial charge on any atom is -0.339 e. The van der Waals surface area contributed by atoms with E-state index < -0.39 is 0 Å². The van der Waals surface area contributed by atoms with Gasteiger partial charge < -0.3 is 9.42 Å². The van der Waals surface area contributed by atoms with Crippen molar-refractivity contribution in [3.63, 3.8) is 0 Å². The second-order valence-electron chi connectivity index (χ2n) is 6.43. The van der Waals surface area contributed by atoms with Gasteiger partial charge in [0.15, 0.2) is 5.82 Å². The molecule has 0 saturated carbocycles. The third kappa shape index (κ3) is 2.75. The zero-order chi connectivity index (χ0) is 15.9. The first-order valence-corrected chi connectivity index (χ1v) is 7.65. The molecule has 116 valence electrons. The van der Waals surface area contributed by atoms with Crippen molar-refractivity contribution in [2.45, 2.75) is 39.5 Å². The van der Waals surface area contributed by atoms with Crippen LogP contribution < -0.4 is 0 Å². The summed E-state index contributed by atoms with van der Waals surface area (Å²) in [5.41, 5.74) is 2.97. The van der Waals surface area contributed by atoms with Crippen molar-refractivity contribution in [2.75, 3.05) is 13.1 Å². The van der Waals surface area contributed by atoms with E-state index in [4.69, 9.17) is 4.52 Å². The van der Waals surface area contributed by atoms with Crippen LogP contribution in [0.15, 0.2) is 22.7 Å². The molecule has 1 saturated heterocycles. The van der Waals surface area contributed by atoms with Gasteiger partial charge in [0.05, 0.1) is 5.92 Å². The highest BCUT2D eigenvalue weighted by Gasteiger charge is 2.36. The van der Waals surface area contributed by atoms with Crippen molar-refractivity contribution in [1.29, 1.82) is 0 Å². The Kier molecular flexibility index (Phi) is 3.72. The highest BCUT2D eigenvalue weighted by atomic mass is 16.5. The molecule has 2 heterocycles. The molecule has 1 aliphatic rings. The fraction of sp³-hybridized carbons (Fsp3) is 0.471. The minimum atomic E-state index is 0.0756. The number of likely N-dealkylation sites (tertiary alicyclic amines) is 1. The van der Waals surface area contributed by atoms with Crippen molar-refractivity contribution in [3.05, 3.63) is 46.6 Å². The van der Waals surface area contributed by atoms with Crippen LogP contribution in [0.2, 0.25) is 0 Å². The molecule has 0 radical (unpaired) electrons.